The first-order valence-electron chi connectivity index (χ1n) is 5.85. The lowest BCUT2D eigenvalue weighted by Crippen LogP contribution is -2.16. The van der Waals surface area contributed by atoms with E-state index in [2.05, 4.69) is 62.6 Å². The van der Waals surface area contributed by atoms with Crippen LogP contribution in [0.25, 0.3) is 11.4 Å². The second-order valence-electron chi connectivity index (χ2n) is 5.34. The summed E-state index contributed by atoms with van der Waals surface area (Å²) in [5.74, 6) is 0.797. The number of aromatic nitrogens is 2. The third kappa shape index (κ3) is 3.33. The lowest BCUT2D eigenvalue weighted by Gasteiger charge is -2.21. The van der Waals surface area contributed by atoms with Crippen LogP contribution in [0.15, 0.2) is 33.2 Å². The minimum atomic E-state index is -0.0283. The second-order valence-corrected chi connectivity index (χ2v) is 7.43. The van der Waals surface area contributed by atoms with Gasteiger partial charge in [0.25, 0.3) is 0 Å². The number of halogens is 2. The highest BCUT2D eigenvalue weighted by molar-refractivity contribution is 9.10. The predicted molar refractivity (Wildman–Crippen MR) is 89.0 cm³/mol. The molecule has 100 valence electrons. The number of benzene rings is 1. The van der Waals surface area contributed by atoms with Gasteiger partial charge in [0.05, 0.1) is 4.47 Å². The van der Waals surface area contributed by atoms with Gasteiger partial charge in [0, 0.05) is 21.1 Å². The van der Waals surface area contributed by atoms with Gasteiger partial charge in [0.2, 0.25) is 0 Å². The average Bonchev–Trinajstić information content (AvgIpc) is 2.32. The molecule has 2 aromatic rings. The average molecular weight is 402 g/mol. The lowest BCUT2D eigenvalue weighted by atomic mass is 9.92. The van der Waals surface area contributed by atoms with Crippen molar-refractivity contribution in [1.29, 1.82) is 0 Å². The Morgan fingerprint density at radius 3 is 2.21 bits per heavy atom. The smallest absolute Gasteiger partial charge is 0.144 e. The van der Waals surface area contributed by atoms with E-state index in [0.29, 0.717) is 4.64 Å². The molecule has 1 heterocycles. The van der Waals surface area contributed by atoms with Crippen LogP contribution in [0.2, 0.25) is 0 Å². The van der Waals surface area contributed by atoms with E-state index >= 15 is 0 Å². The number of rotatable bonds is 1. The molecule has 0 aliphatic rings. The Morgan fingerprint density at radius 2 is 1.68 bits per heavy atom. The fourth-order valence-corrected chi connectivity index (χ4v) is 2.96. The van der Waals surface area contributed by atoms with Crippen molar-refractivity contribution < 1.29 is 0 Å². The predicted octanol–water partition coefficient (Wildman–Crippen LogP) is 5.63. The molecule has 0 unspecified atom stereocenters. The van der Waals surface area contributed by atoms with Crippen molar-refractivity contribution in [3.05, 3.63) is 43.5 Å². The Morgan fingerprint density at radius 1 is 1.11 bits per heavy atom. The van der Waals surface area contributed by atoms with E-state index in [4.69, 9.17) is 12.2 Å². The van der Waals surface area contributed by atoms with Crippen LogP contribution in [0.1, 0.15) is 26.5 Å². The van der Waals surface area contributed by atoms with Crippen molar-refractivity contribution in [1.82, 2.24) is 9.97 Å². The monoisotopic (exact) mass is 400 g/mol. The Hall–Kier alpha value is -0.520. The summed E-state index contributed by atoms with van der Waals surface area (Å²) in [6, 6.07) is 8.01. The highest BCUT2D eigenvalue weighted by Gasteiger charge is 2.20. The molecule has 2 rings (SSSR count). The minimum absolute atomic E-state index is 0.0283. The third-order valence-corrected chi connectivity index (χ3v) is 4.59. The number of aromatic amines is 1. The highest BCUT2D eigenvalue weighted by atomic mass is 79.9. The van der Waals surface area contributed by atoms with Crippen LogP contribution < -0.4 is 0 Å². The summed E-state index contributed by atoms with van der Waals surface area (Å²) in [5.41, 5.74) is 2.05. The van der Waals surface area contributed by atoms with E-state index in [9.17, 15) is 0 Å². The summed E-state index contributed by atoms with van der Waals surface area (Å²) < 4.78 is 2.50. The molecular formula is C14H14Br2N2S. The van der Waals surface area contributed by atoms with Gasteiger partial charge in [-0.3, -0.25) is 0 Å². The molecular weight excluding hydrogens is 388 g/mol. The fraction of sp³-hybridized carbons (Fsp3) is 0.286. The van der Waals surface area contributed by atoms with Crippen LogP contribution in [0.5, 0.6) is 0 Å². The van der Waals surface area contributed by atoms with Crippen LogP contribution in [-0.4, -0.2) is 9.97 Å². The molecule has 0 fully saturated rings. The molecule has 0 amide bonds. The Bertz CT molecular complexity index is 655. The molecule has 0 aliphatic heterocycles. The summed E-state index contributed by atoms with van der Waals surface area (Å²) in [5, 5.41) is 0. The topological polar surface area (TPSA) is 28.7 Å². The molecule has 1 aromatic carbocycles. The quantitative estimate of drug-likeness (QED) is 0.627. The first kappa shape index (κ1) is 14.9. The van der Waals surface area contributed by atoms with Gasteiger partial charge in [-0.1, -0.05) is 61.1 Å². The van der Waals surface area contributed by atoms with E-state index < -0.39 is 0 Å². The van der Waals surface area contributed by atoms with Crippen molar-refractivity contribution in [2.45, 2.75) is 26.2 Å². The van der Waals surface area contributed by atoms with Crippen LogP contribution >= 0.6 is 44.1 Å². The molecule has 5 heteroatoms. The van der Waals surface area contributed by atoms with Gasteiger partial charge >= 0.3 is 0 Å². The zero-order valence-electron chi connectivity index (χ0n) is 10.9. The van der Waals surface area contributed by atoms with Crippen molar-refractivity contribution in [2.75, 3.05) is 0 Å². The van der Waals surface area contributed by atoms with Gasteiger partial charge in [0.1, 0.15) is 10.5 Å². The Balaban J connectivity index is 2.63. The molecule has 2 nitrogen and oxygen atoms in total. The fourth-order valence-electron chi connectivity index (χ4n) is 1.72. The second kappa shape index (κ2) is 5.46. The summed E-state index contributed by atoms with van der Waals surface area (Å²) >= 11 is 12.3. The number of H-pyrrole nitrogens is 1. The zero-order chi connectivity index (χ0) is 14.2. The van der Waals surface area contributed by atoms with Gasteiger partial charge in [0.15, 0.2) is 0 Å². The summed E-state index contributed by atoms with van der Waals surface area (Å²) in [6.07, 6.45) is 0. The third-order valence-electron chi connectivity index (χ3n) is 2.73. The highest BCUT2D eigenvalue weighted by Crippen LogP contribution is 2.30. The number of nitrogens with one attached hydrogen (secondary N) is 1. The number of hydrogen-bond donors (Lipinski definition) is 1. The maximum Gasteiger partial charge on any atom is 0.144 e. The Labute approximate surface area is 134 Å². The minimum Gasteiger partial charge on any atom is -0.342 e. The zero-order valence-corrected chi connectivity index (χ0v) is 14.9. The molecule has 0 aliphatic carbocycles. The van der Waals surface area contributed by atoms with E-state index in [1.165, 1.54) is 0 Å². The van der Waals surface area contributed by atoms with Gasteiger partial charge < -0.3 is 4.98 Å². The lowest BCUT2D eigenvalue weighted by molar-refractivity contribution is 0.563. The molecule has 0 saturated heterocycles. The van der Waals surface area contributed by atoms with Crippen molar-refractivity contribution in [3.63, 3.8) is 0 Å². The van der Waals surface area contributed by atoms with Crippen LogP contribution in [0, 0.1) is 4.64 Å². The van der Waals surface area contributed by atoms with Gasteiger partial charge in [-0.05, 0) is 28.1 Å². The maximum atomic E-state index is 5.34. The SMILES string of the molecule is CC(C)(C)c1[nH]c(-c2ccc(Br)cc2)nc(=S)c1Br. The van der Waals surface area contributed by atoms with Crippen LogP contribution in [0.3, 0.4) is 0 Å². The summed E-state index contributed by atoms with van der Waals surface area (Å²) in [7, 11) is 0. The molecule has 19 heavy (non-hydrogen) atoms. The standard InChI is InChI=1S/C14H14Br2N2S/c1-14(2,3)11-10(16)13(19)18-12(17-11)8-4-6-9(15)7-5-8/h4-7H,1-3H3,(H,17,18,19). The Kier molecular flexibility index (Phi) is 4.28. The maximum absolute atomic E-state index is 5.34. The normalized spacial score (nSPS) is 11.6. The van der Waals surface area contributed by atoms with Crippen LogP contribution in [0.4, 0.5) is 0 Å². The molecule has 0 spiro atoms. The van der Waals surface area contributed by atoms with Crippen molar-refractivity contribution >= 4 is 44.1 Å². The molecule has 0 saturated carbocycles. The summed E-state index contributed by atoms with van der Waals surface area (Å²) in [4.78, 5) is 7.83. The van der Waals surface area contributed by atoms with Gasteiger partial charge in [-0.15, -0.1) is 0 Å². The molecule has 0 radical (unpaired) electrons. The van der Waals surface area contributed by atoms with Gasteiger partial charge in [-0.25, -0.2) is 4.98 Å². The van der Waals surface area contributed by atoms with Crippen molar-refractivity contribution in [2.24, 2.45) is 0 Å². The van der Waals surface area contributed by atoms with E-state index in [1.54, 1.807) is 0 Å². The first-order valence-corrected chi connectivity index (χ1v) is 7.84. The first-order chi connectivity index (χ1) is 8.79. The van der Waals surface area contributed by atoms with E-state index in [-0.39, 0.29) is 5.41 Å². The molecule has 0 bridgehead atoms. The van der Waals surface area contributed by atoms with Crippen molar-refractivity contribution in [3.8, 4) is 11.4 Å². The number of hydrogen-bond acceptors (Lipinski definition) is 2. The van der Waals surface area contributed by atoms with E-state index in [0.717, 1.165) is 26.0 Å². The van der Waals surface area contributed by atoms with Crippen LogP contribution in [-0.2, 0) is 5.41 Å². The van der Waals surface area contributed by atoms with Gasteiger partial charge in [-0.2, -0.15) is 0 Å². The molecule has 1 N–H and O–H groups in total. The van der Waals surface area contributed by atoms with E-state index in [1.807, 2.05) is 24.3 Å². The summed E-state index contributed by atoms with van der Waals surface area (Å²) in [6.45, 7) is 6.43. The molecule has 1 aromatic heterocycles. The number of nitrogens with zero attached hydrogens (tertiary/aromatic N) is 1. The largest absolute Gasteiger partial charge is 0.342 e. The molecule has 0 atom stereocenters.